The lowest BCUT2D eigenvalue weighted by Crippen LogP contribution is -2.62. The molecule has 2 aromatic carbocycles. The Balaban J connectivity index is 2.36. The minimum Gasteiger partial charge on any atom is -0.508 e. The summed E-state index contributed by atoms with van der Waals surface area (Å²) >= 11 is 4.21. The second-order valence-electron chi connectivity index (χ2n) is 20.0. The molecular formula is C52H83N13O17S. The summed E-state index contributed by atoms with van der Waals surface area (Å²) in [6.45, 7) is 2.57. The van der Waals surface area contributed by atoms with Crippen LogP contribution in [0.1, 0.15) is 76.8 Å². The van der Waals surface area contributed by atoms with Crippen LogP contribution in [-0.4, -0.2) is 195 Å². The number of hydrogen-bond donors (Lipinski definition) is 20. The van der Waals surface area contributed by atoms with Crippen LogP contribution in [0.4, 0.5) is 0 Å². The van der Waals surface area contributed by atoms with Crippen LogP contribution >= 0.6 is 12.6 Å². The zero-order chi connectivity index (χ0) is 62.3. The van der Waals surface area contributed by atoms with Crippen molar-refractivity contribution >= 4 is 71.8 Å². The van der Waals surface area contributed by atoms with Gasteiger partial charge in [-0.15, -0.1) is 0 Å². The number of carboxylic acid groups (broad SMARTS) is 1. The number of phenols is 2. The third kappa shape index (κ3) is 26.3. The Labute approximate surface area is 485 Å². The first-order valence-corrected chi connectivity index (χ1v) is 27.5. The van der Waals surface area contributed by atoms with E-state index in [2.05, 4.69) is 60.6 Å². The highest BCUT2D eigenvalue weighted by Gasteiger charge is 2.36. The lowest BCUT2D eigenvalue weighted by atomic mass is 10.0. The molecule has 9 amide bonds. The van der Waals surface area contributed by atoms with Crippen LogP contribution in [0.15, 0.2) is 48.5 Å². The van der Waals surface area contributed by atoms with Gasteiger partial charge in [-0.25, -0.2) is 0 Å². The van der Waals surface area contributed by atoms with Crippen LogP contribution in [0.25, 0.3) is 0 Å². The van der Waals surface area contributed by atoms with Crippen molar-refractivity contribution in [1.29, 1.82) is 0 Å². The number of carboxylic acids is 1. The van der Waals surface area contributed by atoms with Crippen molar-refractivity contribution in [2.24, 2.45) is 28.9 Å². The standard InChI is InChI=1S/C52H83N13O17S/c1-27(2)20-36(43(56)71)58-46(74)37(21-29-10-14-31(69)15-11-29)59-44(72)34(8-4-6-18-53)57-51(79)42(28(3)68)64-50(78)41(26-83)63-47(75)38(22-30-12-16-32(70)17-13-30)60-48(76)39(23-66)62-49(77)40(24-67)61-45(73)35(9-5-7-19-54)65-82-25-33(55)52(80)81/h10-17,27-28,33-42,65-70,83H,4-9,18-26,53-55H2,1-3H3,(H2,56,71)(H,57,79)(H,58,74)(H,59,72)(H,60,76)(H,61,73)(H,62,77)(H,63,75)(H,64,78)(H,80,81)/t28-,33+,34+,35+,36+,37+,38+,39+,40+,41+,42+/m1/s1. The second-order valence-corrected chi connectivity index (χ2v) is 20.3. The van der Waals surface area contributed by atoms with Crippen molar-refractivity contribution in [3.63, 3.8) is 0 Å². The zero-order valence-electron chi connectivity index (χ0n) is 46.6. The SMILES string of the molecule is CC(C)C[C@H](NC(=O)[C@H](Cc1ccc(O)cc1)NC(=O)[C@H](CCCCN)NC(=O)[C@@H](NC(=O)[C@H](CS)NC(=O)[C@H](Cc1ccc(O)cc1)NC(=O)[C@H](CO)NC(=O)[C@H](CO)NC(=O)[C@H](CCCCN)NOC[C@H](N)C(=O)O)[C@@H](C)O)C(N)=O. The van der Waals surface area contributed by atoms with Crippen LogP contribution in [0.3, 0.4) is 0 Å². The summed E-state index contributed by atoms with van der Waals surface area (Å²) in [6, 6.07) is -4.07. The number of thiol groups is 1. The molecule has 83 heavy (non-hydrogen) atoms. The third-order valence-corrected chi connectivity index (χ3v) is 12.9. The average Bonchev–Trinajstić information content (AvgIpc) is 3.50. The summed E-state index contributed by atoms with van der Waals surface area (Å²) in [7, 11) is 0. The van der Waals surface area contributed by atoms with E-state index in [1.54, 1.807) is 0 Å². The second kappa shape index (κ2) is 37.8. The number of benzene rings is 2. The number of hydroxylamine groups is 1. The van der Waals surface area contributed by atoms with Crippen molar-refractivity contribution in [2.75, 3.05) is 38.7 Å². The van der Waals surface area contributed by atoms with Crippen molar-refractivity contribution in [1.82, 2.24) is 48.0 Å². The van der Waals surface area contributed by atoms with Crippen molar-refractivity contribution in [3.8, 4) is 11.5 Å². The molecule has 2 aromatic rings. The highest BCUT2D eigenvalue weighted by atomic mass is 32.1. The van der Waals surface area contributed by atoms with E-state index < -0.39 is 151 Å². The average molecular weight is 1190 g/mol. The number of aromatic hydroxyl groups is 2. The van der Waals surface area contributed by atoms with Gasteiger partial charge in [-0.1, -0.05) is 44.5 Å². The lowest BCUT2D eigenvalue weighted by Gasteiger charge is -2.28. The number of nitrogens with two attached hydrogens (primary N) is 4. The monoisotopic (exact) mass is 1190 g/mol. The van der Waals surface area contributed by atoms with Gasteiger partial charge in [-0.05, 0) is 99.8 Å². The Hall–Kier alpha value is -7.23. The fourth-order valence-corrected chi connectivity index (χ4v) is 8.07. The van der Waals surface area contributed by atoms with Gasteiger partial charge in [0.05, 0.1) is 25.9 Å². The highest BCUT2D eigenvalue weighted by molar-refractivity contribution is 7.80. The predicted molar refractivity (Wildman–Crippen MR) is 302 cm³/mol. The number of nitrogens with one attached hydrogen (secondary N) is 9. The number of carbonyl (C=O) groups excluding carboxylic acids is 9. The molecule has 31 heteroatoms. The Morgan fingerprint density at radius 2 is 0.904 bits per heavy atom. The van der Waals surface area contributed by atoms with Crippen LogP contribution in [0.5, 0.6) is 11.5 Å². The Kier molecular flexibility index (Phi) is 32.7. The van der Waals surface area contributed by atoms with E-state index in [4.69, 9.17) is 32.9 Å². The molecule has 0 radical (unpaired) electrons. The maximum atomic E-state index is 14.1. The lowest BCUT2D eigenvalue weighted by molar-refractivity contribution is -0.142. The number of unbranched alkanes of at least 4 members (excludes halogenated alkanes) is 2. The van der Waals surface area contributed by atoms with Crippen LogP contribution in [0.2, 0.25) is 0 Å². The number of rotatable bonds is 40. The molecule has 0 bridgehead atoms. The molecule has 0 aliphatic rings. The number of aliphatic carboxylic acids is 1. The van der Waals surface area contributed by atoms with Gasteiger partial charge in [0, 0.05) is 18.6 Å². The van der Waals surface area contributed by atoms with E-state index in [-0.39, 0.29) is 69.0 Å². The van der Waals surface area contributed by atoms with Gasteiger partial charge in [-0.2, -0.15) is 18.1 Å². The number of hydrogen-bond acceptors (Lipinski definition) is 21. The minimum absolute atomic E-state index is 0.0536. The van der Waals surface area contributed by atoms with Gasteiger partial charge in [0.15, 0.2) is 0 Å². The van der Waals surface area contributed by atoms with Crippen LogP contribution in [-0.2, 0) is 65.6 Å². The molecule has 23 N–H and O–H groups in total. The fraction of sp³-hybridized carbons (Fsp3) is 0.577. The molecule has 30 nitrogen and oxygen atoms in total. The summed E-state index contributed by atoms with van der Waals surface area (Å²) in [6.07, 6.45) is -0.449. The Bertz CT molecular complexity index is 2430. The van der Waals surface area contributed by atoms with E-state index in [1.165, 1.54) is 48.5 Å². The van der Waals surface area contributed by atoms with Gasteiger partial charge in [-0.3, -0.25) is 52.8 Å². The fourth-order valence-electron chi connectivity index (χ4n) is 7.82. The van der Waals surface area contributed by atoms with Gasteiger partial charge in [0.25, 0.3) is 0 Å². The van der Waals surface area contributed by atoms with Crippen LogP contribution in [0, 0.1) is 5.92 Å². The first-order valence-electron chi connectivity index (χ1n) is 26.8. The minimum atomic E-state index is -1.84. The zero-order valence-corrected chi connectivity index (χ0v) is 47.5. The number of aliphatic hydroxyl groups excluding tert-OH is 3. The summed E-state index contributed by atoms with van der Waals surface area (Å²) in [5.41, 5.74) is 25.5. The molecule has 0 heterocycles. The molecule has 0 aliphatic heterocycles. The summed E-state index contributed by atoms with van der Waals surface area (Å²) in [5, 5.41) is 79.4. The molecule has 0 saturated carbocycles. The van der Waals surface area contributed by atoms with Crippen molar-refractivity contribution in [3.05, 3.63) is 59.7 Å². The van der Waals surface area contributed by atoms with E-state index in [1.807, 2.05) is 13.8 Å². The molecule has 0 fully saturated rings. The summed E-state index contributed by atoms with van der Waals surface area (Å²) in [4.78, 5) is 139. The maximum absolute atomic E-state index is 14.1. The largest absolute Gasteiger partial charge is 0.508 e. The molecular weight excluding hydrogens is 1110 g/mol. The Morgan fingerprint density at radius 1 is 0.530 bits per heavy atom. The van der Waals surface area contributed by atoms with Crippen LogP contribution < -0.4 is 70.9 Å². The van der Waals surface area contributed by atoms with Gasteiger partial charge < -0.3 is 96.1 Å². The quantitative estimate of drug-likeness (QED) is 0.0168. The van der Waals surface area contributed by atoms with E-state index in [9.17, 15) is 73.5 Å². The number of phenolic OH excluding ortho intramolecular Hbond substituents is 2. The summed E-state index contributed by atoms with van der Waals surface area (Å²) < 4.78 is 0. The number of amides is 9. The van der Waals surface area contributed by atoms with Gasteiger partial charge in [0.2, 0.25) is 53.2 Å². The predicted octanol–water partition coefficient (Wildman–Crippen LogP) is -5.85. The molecule has 11 atom stereocenters. The Morgan fingerprint density at radius 3 is 1.30 bits per heavy atom. The first-order chi connectivity index (χ1) is 39.3. The molecule has 0 spiro atoms. The topological polar surface area (TPSA) is 514 Å². The summed E-state index contributed by atoms with van der Waals surface area (Å²) in [5.74, 6) is -11.1. The first kappa shape index (κ1) is 71.9. The number of aliphatic hydroxyl groups is 3. The normalized spacial score (nSPS) is 15.2. The third-order valence-electron chi connectivity index (χ3n) is 12.5. The molecule has 464 valence electrons. The number of carbonyl (C=O) groups is 10. The van der Waals surface area contributed by atoms with Crippen molar-refractivity contribution < 1.29 is 83.4 Å². The van der Waals surface area contributed by atoms with Crippen molar-refractivity contribution in [2.45, 2.75) is 145 Å². The molecule has 0 aromatic heterocycles. The molecule has 0 saturated heterocycles. The van der Waals surface area contributed by atoms with E-state index >= 15 is 0 Å². The molecule has 0 aliphatic carbocycles. The highest BCUT2D eigenvalue weighted by Crippen LogP contribution is 2.15. The van der Waals surface area contributed by atoms with E-state index in [0.717, 1.165) is 6.92 Å². The molecule has 0 unspecified atom stereocenters. The van der Waals surface area contributed by atoms with Gasteiger partial charge in [0.1, 0.15) is 71.9 Å². The smallest absolute Gasteiger partial charge is 0.322 e. The van der Waals surface area contributed by atoms with E-state index in [0.29, 0.717) is 30.4 Å². The maximum Gasteiger partial charge on any atom is 0.322 e. The van der Waals surface area contributed by atoms with Gasteiger partial charge >= 0.3 is 5.97 Å². The number of primary amides is 1. The molecule has 2 rings (SSSR count).